The van der Waals surface area contributed by atoms with E-state index < -0.39 is 29.9 Å². The highest BCUT2D eigenvalue weighted by atomic mass is 16.6. The number of ether oxygens (including phenoxy) is 2. The van der Waals surface area contributed by atoms with Crippen LogP contribution in [0.1, 0.15) is 33.6 Å². The van der Waals surface area contributed by atoms with E-state index >= 15 is 0 Å². The molecule has 92 valence electrons. The summed E-state index contributed by atoms with van der Waals surface area (Å²) in [5.41, 5.74) is -2.00. The summed E-state index contributed by atoms with van der Waals surface area (Å²) in [6, 6.07) is 0. The molecule has 0 fully saturated rings. The fourth-order valence-corrected chi connectivity index (χ4v) is 1.02. The zero-order valence-corrected chi connectivity index (χ0v) is 9.61. The first-order valence-corrected chi connectivity index (χ1v) is 4.96. The normalized spacial score (nSPS) is 13.8. The predicted octanol–water partition coefficient (Wildman–Crippen LogP) is 0.170. The Hall–Kier alpha value is -1.43. The summed E-state index contributed by atoms with van der Waals surface area (Å²) in [6.45, 7) is 4.30. The number of aliphatic hydroxyl groups is 1. The van der Waals surface area contributed by atoms with Gasteiger partial charge in [0.1, 0.15) is 0 Å². The molecule has 1 N–H and O–H groups in total. The minimum atomic E-state index is -2.00. The van der Waals surface area contributed by atoms with Crippen LogP contribution in [0.4, 0.5) is 0 Å². The quantitative estimate of drug-likeness (QED) is 0.536. The van der Waals surface area contributed by atoms with Gasteiger partial charge in [-0.25, -0.2) is 4.79 Å². The third kappa shape index (κ3) is 4.39. The molecule has 0 aliphatic rings. The lowest BCUT2D eigenvalue weighted by Gasteiger charge is -2.22. The molecular formula is C10H16O6. The van der Waals surface area contributed by atoms with Crippen LogP contribution >= 0.6 is 0 Å². The van der Waals surface area contributed by atoms with E-state index in [-0.39, 0.29) is 13.0 Å². The summed E-state index contributed by atoms with van der Waals surface area (Å²) >= 11 is 0. The second-order valence-electron chi connectivity index (χ2n) is 3.25. The van der Waals surface area contributed by atoms with Gasteiger partial charge in [0.2, 0.25) is 0 Å². The van der Waals surface area contributed by atoms with Crippen LogP contribution in [0.25, 0.3) is 0 Å². The Labute approximate surface area is 93.5 Å². The summed E-state index contributed by atoms with van der Waals surface area (Å²) in [4.78, 5) is 33.0. The van der Waals surface area contributed by atoms with E-state index in [1.54, 1.807) is 6.92 Å². The van der Waals surface area contributed by atoms with Crippen LogP contribution in [0.3, 0.4) is 0 Å². The van der Waals surface area contributed by atoms with Gasteiger partial charge in [0.15, 0.2) is 5.60 Å². The van der Waals surface area contributed by atoms with E-state index in [9.17, 15) is 19.5 Å². The fourth-order valence-electron chi connectivity index (χ4n) is 1.02. The van der Waals surface area contributed by atoms with E-state index in [1.165, 1.54) is 6.92 Å². The van der Waals surface area contributed by atoms with Gasteiger partial charge >= 0.3 is 17.9 Å². The lowest BCUT2D eigenvalue weighted by molar-refractivity contribution is -0.178. The summed E-state index contributed by atoms with van der Waals surface area (Å²) in [7, 11) is 0. The van der Waals surface area contributed by atoms with E-state index in [0.29, 0.717) is 0 Å². The van der Waals surface area contributed by atoms with Gasteiger partial charge in [-0.15, -0.1) is 0 Å². The standard InChI is InChI=1S/C10H16O6/c1-4-10(14,6-8(12)15-5-2)9(13)16-7(3)11/h14H,4-6H2,1-3H3. The summed E-state index contributed by atoms with van der Waals surface area (Å²) < 4.78 is 8.85. The highest BCUT2D eigenvalue weighted by Gasteiger charge is 2.39. The number of esters is 3. The number of carbonyl (C=O) groups excluding carboxylic acids is 3. The van der Waals surface area contributed by atoms with Crippen molar-refractivity contribution in [3.05, 3.63) is 0 Å². The maximum absolute atomic E-state index is 11.3. The van der Waals surface area contributed by atoms with Crippen LogP contribution in [0.2, 0.25) is 0 Å². The van der Waals surface area contributed by atoms with Crippen molar-refractivity contribution in [2.24, 2.45) is 0 Å². The van der Waals surface area contributed by atoms with Gasteiger partial charge in [0.25, 0.3) is 0 Å². The van der Waals surface area contributed by atoms with Gasteiger partial charge in [-0.3, -0.25) is 9.59 Å². The molecule has 0 aliphatic heterocycles. The molecule has 0 saturated carbocycles. The Morgan fingerprint density at radius 2 is 1.81 bits per heavy atom. The van der Waals surface area contributed by atoms with E-state index in [2.05, 4.69) is 9.47 Å². The van der Waals surface area contributed by atoms with Crippen LogP contribution in [-0.4, -0.2) is 35.2 Å². The largest absolute Gasteiger partial charge is 0.466 e. The molecule has 0 aliphatic carbocycles. The zero-order chi connectivity index (χ0) is 12.8. The average Bonchev–Trinajstić information content (AvgIpc) is 2.16. The first-order chi connectivity index (χ1) is 7.35. The van der Waals surface area contributed by atoms with Gasteiger partial charge in [0, 0.05) is 6.92 Å². The summed E-state index contributed by atoms with van der Waals surface area (Å²) in [5, 5.41) is 9.81. The summed E-state index contributed by atoms with van der Waals surface area (Å²) in [6.07, 6.45) is -0.568. The van der Waals surface area contributed by atoms with Crippen LogP contribution in [-0.2, 0) is 23.9 Å². The van der Waals surface area contributed by atoms with Crippen molar-refractivity contribution in [3.63, 3.8) is 0 Å². The molecule has 1 atom stereocenters. The third-order valence-corrected chi connectivity index (χ3v) is 1.94. The first kappa shape index (κ1) is 14.6. The highest BCUT2D eigenvalue weighted by Crippen LogP contribution is 2.18. The van der Waals surface area contributed by atoms with Gasteiger partial charge in [-0.2, -0.15) is 0 Å². The lowest BCUT2D eigenvalue weighted by atomic mass is 9.97. The number of rotatable bonds is 5. The molecule has 16 heavy (non-hydrogen) atoms. The lowest BCUT2D eigenvalue weighted by Crippen LogP contribution is -2.42. The maximum atomic E-state index is 11.3. The Bertz CT molecular complexity index is 285. The Morgan fingerprint density at radius 1 is 1.25 bits per heavy atom. The van der Waals surface area contributed by atoms with Crippen LogP contribution in [0.15, 0.2) is 0 Å². The van der Waals surface area contributed by atoms with Crippen molar-refractivity contribution in [3.8, 4) is 0 Å². The molecule has 0 amide bonds. The molecule has 0 bridgehead atoms. The molecule has 1 unspecified atom stereocenters. The molecule has 0 aromatic carbocycles. The van der Waals surface area contributed by atoms with Gasteiger partial charge < -0.3 is 14.6 Å². The fraction of sp³-hybridized carbons (Fsp3) is 0.700. The highest BCUT2D eigenvalue weighted by molar-refractivity contribution is 5.92. The van der Waals surface area contributed by atoms with Gasteiger partial charge in [-0.1, -0.05) is 6.92 Å². The van der Waals surface area contributed by atoms with Crippen molar-refractivity contribution in [1.29, 1.82) is 0 Å². The molecule has 6 heteroatoms. The first-order valence-electron chi connectivity index (χ1n) is 4.96. The SMILES string of the molecule is CCOC(=O)CC(O)(CC)C(=O)OC(C)=O. The number of hydrogen-bond acceptors (Lipinski definition) is 6. The predicted molar refractivity (Wildman–Crippen MR) is 53.3 cm³/mol. The monoisotopic (exact) mass is 232 g/mol. The Morgan fingerprint density at radius 3 is 2.19 bits per heavy atom. The molecular weight excluding hydrogens is 216 g/mol. The van der Waals surface area contributed by atoms with Crippen molar-refractivity contribution in [2.75, 3.05) is 6.61 Å². The second kappa shape index (κ2) is 6.22. The topological polar surface area (TPSA) is 89.9 Å². The minimum absolute atomic E-state index is 0.0437. The summed E-state index contributed by atoms with van der Waals surface area (Å²) in [5.74, 6) is -2.68. The van der Waals surface area contributed by atoms with Crippen molar-refractivity contribution < 1.29 is 29.0 Å². The minimum Gasteiger partial charge on any atom is -0.466 e. The molecule has 0 radical (unpaired) electrons. The molecule has 6 nitrogen and oxygen atoms in total. The van der Waals surface area contributed by atoms with E-state index in [1.807, 2.05) is 0 Å². The third-order valence-electron chi connectivity index (χ3n) is 1.94. The number of carbonyl (C=O) groups is 3. The van der Waals surface area contributed by atoms with E-state index in [4.69, 9.17) is 0 Å². The molecule has 0 rings (SSSR count). The molecule has 0 spiro atoms. The maximum Gasteiger partial charge on any atom is 0.346 e. The van der Waals surface area contributed by atoms with Gasteiger partial charge in [0.05, 0.1) is 13.0 Å². The van der Waals surface area contributed by atoms with Crippen molar-refractivity contribution >= 4 is 17.9 Å². The van der Waals surface area contributed by atoms with Crippen LogP contribution < -0.4 is 0 Å². The van der Waals surface area contributed by atoms with E-state index in [0.717, 1.165) is 6.92 Å². The molecule has 0 aromatic heterocycles. The Balaban J connectivity index is 4.57. The van der Waals surface area contributed by atoms with Gasteiger partial charge in [-0.05, 0) is 13.3 Å². The molecule has 0 heterocycles. The smallest absolute Gasteiger partial charge is 0.346 e. The van der Waals surface area contributed by atoms with Crippen molar-refractivity contribution in [1.82, 2.24) is 0 Å². The Kier molecular flexibility index (Phi) is 5.66. The number of hydrogen-bond donors (Lipinski definition) is 1. The van der Waals surface area contributed by atoms with Crippen molar-refractivity contribution in [2.45, 2.75) is 39.2 Å². The second-order valence-corrected chi connectivity index (χ2v) is 3.25. The van der Waals surface area contributed by atoms with Crippen LogP contribution in [0, 0.1) is 0 Å². The molecule has 0 saturated heterocycles. The zero-order valence-electron chi connectivity index (χ0n) is 9.61. The van der Waals surface area contributed by atoms with Crippen LogP contribution in [0.5, 0.6) is 0 Å². The average molecular weight is 232 g/mol. The molecule has 0 aromatic rings.